The summed E-state index contributed by atoms with van der Waals surface area (Å²) < 4.78 is 39.7. The molecule has 0 fully saturated rings. The molecule has 0 bridgehead atoms. The molecule has 1 atom stereocenters. The molecule has 0 aliphatic carbocycles. The maximum atomic E-state index is 14.1. The number of carbonyl (C=O) groups is 2. The number of benzene rings is 3. The number of amides is 2. The first-order valence-electron chi connectivity index (χ1n) is 13.0. The van der Waals surface area contributed by atoms with Crippen LogP contribution in [0.4, 0.5) is 5.69 Å². The normalized spacial score (nSPS) is 12.3. The van der Waals surface area contributed by atoms with Crippen LogP contribution in [0.25, 0.3) is 0 Å². The molecule has 226 valence electrons. The SMILES string of the molecule is COc1ccc(S(=O)(=O)N(CC(=O)N(Cc2ccc(Cl)c(Cl)c2)[C@@H](C)C(=O)NC(C)(C)C)c2ccccc2OC)cc1. The summed E-state index contributed by atoms with van der Waals surface area (Å²) in [6, 6.07) is 16.2. The van der Waals surface area contributed by atoms with E-state index in [0.717, 1.165) is 4.31 Å². The summed E-state index contributed by atoms with van der Waals surface area (Å²) in [5.74, 6) is -0.310. The predicted molar refractivity (Wildman–Crippen MR) is 165 cm³/mol. The van der Waals surface area contributed by atoms with Crippen LogP contribution in [-0.2, 0) is 26.2 Å². The molecule has 12 heteroatoms. The molecule has 0 spiro atoms. The molecular weight excluding hydrogens is 601 g/mol. The van der Waals surface area contributed by atoms with Gasteiger partial charge < -0.3 is 19.7 Å². The fraction of sp³-hybridized carbons (Fsp3) is 0.333. The van der Waals surface area contributed by atoms with Crippen LogP contribution in [0.1, 0.15) is 33.3 Å². The van der Waals surface area contributed by atoms with Gasteiger partial charge in [-0.25, -0.2) is 8.42 Å². The molecule has 0 radical (unpaired) electrons. The topological polar surface area (TPSA) is 105 Å². The minimum Gasteiger partial charge on any atom is -0.497 e. The van der Waals surface area contributed by atoms with Gasteiger partial charge in [-0.05, 0) is 81.8 Å². The molecule has 0 saturated carbocycles. The molecule has 1 N–H and O–H groups in total. The van der Waals surface area contributed by atoms with Gasteiger partial charge in [0, 0.05) is 12.1 Å². The lowest BCUT2D eigenvalue weighted by Crippen LogP contribution is -2.54. The standard InChI is InChI=1S/C30H35Cl2N3O6S/c1-20(29(37)33-30(2,3)4)34(18-21-11-16-24(31)25(32)17-21)28(36)19-35(26-9-7-8-10-27(26)41-6)42(38,39)23-14-12-22(40-5)13-15-23/h7-17,20H,18-19H2,1-6H3,(H,33,37)/t20-/m0/s1. The summed E-state index contributed by atoms with van der Waals surface area (Å²) >= 11 is 12.3. The van der Waals surface area contributed by atoms with Crippen LogP contribution >= 0.6 is 23.2 Å². The molecule has 0 saturated heterocycles. The maximum absolute atomic E-state index is 14.1. The Bertz CT molecular complexity index is 1520. The summed E-state index contributed by atoms with van der Waals surface area (Å²) in [7, 11) is -1.40. The highest BCUT2D eigenvalue weighted by molar-refractivity contribution is 7.92. The van der Waals surface area contributed by atoms with Crippen LogP contribution in [0, 0.1) is 0 Å². The van der Waals surface area contributed by atoms with Crippen molar-refractivity contribution in [3.05, 3.63) is 82.3 Å². The molecule has 0 unspecified atom stereocenters. The van der Waals surface area contributed by atoms with Gasteiger partial charge in [-0.3, -0.25) is 13.9 Å². The molecular formula is C30H35Cl2N3O6S. The van der Waals surface area contributed by atoms with Crippen LogP contribution in [0.5, 0.6) is 11.5 Å². The highest BCUT2D eigenvalue weighted by Crippen LogP contribution is 2.33. The summed E-state index contributed by atoms with van der Waals surface area (Å²) in [6.45, 7) is 6.41. The number of hydrogen-bond acceptors (Lipinski definition) is 6. The van der Waals surface area contributed by atoms with E-state index in [-0.39, 0.29) is 27.9 Å². The van der Waals surface area contributed by atoms with E-state index in [4.69, 9.17) is 32.7 Å². The predicted octanol–water partition coefficient (Wildman–Crippen LogP) is 5.54. The molecule has 9 nitrogen and oxygen atoms in total. The Morgan fingerprint density at radius 2 is 1.57 bits per heavy atom. The van der Waals surface area contributed by atoms with E-state index in [0.29, 0.717) is 16.3 Å². The summed E-state index contributed by atoms with van der Waals surface area (Å²) in [5, 5.41) is 3.51. The van der Waals surface area contributed by atoms with Gasteiger partial charge in [-0.15, -0.1) is 0 Å². The van der Waals surface area contributed by atoms with Crippen molar-refractivity contribution < 1.29 is 27.5 Å². The lowest BCUT2D eigenvalue weighted by atomic mass is 10.1. The van der Waals surface area contributed by atoms with Gasteiger partial charge >= 0.3 is 0 Å². The third-order valence-corrected chi connectivity index (χ3v) is 8.80. The second-order valence-electron chi connectivity index (χ2n) is 10.5. The van der Waals surface area contributed by atoms with E-state index in [1.165, 1.54) is 43.4 Å². The Labute approximate surface area is 257 Å². The van der Waals surface area contributed by atoms with Gasteiger partial charge in [0.2, 0.25) is 11.8 Å². The van der Waals surface area contributed by atoms with Crippen molar-refractivity contribution >= 4 is 50.7 Å². The van der Waals surface area contributed by atoms with Crippen molar-refractivity contribution in [3.63, 3.8) is 0 Å². The van der Waals surface area contributed by atoms with Gasteiger partial charge in [-0.2, -0.15) is 0 Å². The largest absolute Gasteiger partial charge is 0.497 e. The third kappa shape index (κ3) is 8.08. The van der Waals surface area contributed by atoms with E-state index in [2.05, 4.69) is 5.32 Å². The summed E-state index contributed by atoms with van der Waals surface area (Å²) in [4.78, 5) is 28.6. The second kappa shape index (κ2) is 13.7. The van der Waals surface area contributed by atoms with Gasteiger partial charge in [0.25, 0.3) is 10.0 Å². The quantitative estimate of drug-likeness (QED) is 0.297. The number of halogens is 2. The first kappa shape index (κ1) is 33.0. The number of hydrogen-bond donors (Lipinski definition) is 1. The fourth-order valence-corrected chi connectivity index (χ4v) is 5.86. The van der Waals surface area contributed by atoms with Crippen molar-refractivity contribution in [2.45, 2.75) is 50.7 Å². The Morgan fingerprint density at radius 1 is 0.929 bits per heavy atom. The molecule has 3 rings (SSSR count). The summed E-state index contributed by atoms with van der Waals surface area (Å²) in [5.41, 5.74) is 0.200. The summed E-state index contributed by atoms with van der Waals surface area (Å²) in [6.07, 6.45) is 0. The molecule has 0 heterocycles. The number of nitrogens with one attached hydrogen (secondary N) is 1. The molecule has 42 heavy (non-hydrogen) atoms. The number of para-hydroxylation sites is 2. The zero-order valence-corrected chi connectivity index (χ0v) is 26.7. The van der Waals surface area contributed by atoms with E-state index >= 15 is 0 Å². The van der Waals surface area contributed by atoms with Crippen LogP contribution in [-0.4, -0.2) is 57.5 Å². The van der Waals surface area contributed by atoms with Crippen molar-refractivity contribution in [1.29, 1.82) is 0 Å². The van der Waals surface area contributed by atoms with Crippen LogP contribution < -0.4 is 19.1 Å². The maximum Gasteiger partial charge on any atom is 0.264 e. The van der Waals surface area contributed by atoms with Crippen LogP contribution in [0.3, 0.4) is 0 Å². The van der Waals surface area contributed by atoms with Crippen LogP contribution in [0.2, 0.25) is 10.0 Å². The van der Waals surface area contributed by atoms with E-state index in [9.17, 15) is 18.0 Å². The Balaban J connectivity index is 2.09. The van der Waals surface area contributed by atoms with E-state index in [1.54, 1.807) is 49.4 Å². The number of ether oxygens (including phenoxy) is 2. The molecule has 2 amide bonds. The average Bonchev–Trinajstić information content (AvgIpc) is 2.95. The first-order chi connectivity index (χ1) is 19.7. The molecule has 0 aliphatic rings. The number of rotatable bonds is 11. The molecule has 0 aliphatic heterocycles. The zero-order valence-electron chi connectivity index (χ0n) is 24.4. The van der Waals surface area contributed by atoms with E-state index in [1.807, 2.05) is 20.8 Å². The number of sulfonamides is 1. The zero-order chi connectivity index (χ0) is 31.2. The minimum absolute atomic E-state index is 0.0310. The first-order valence-corrected chi connectivity index (χ1v) is 15.2. The molecule has 0 aromatic heterocycles. The van der Waals surface area contributed by atoms with Crippen LogP contribution in [0.15, 0.2) is 71.6 Å². The van der Waals surface area contributed by atoms with E-state index < -0.39 is 40.0 Å². The van der Waals surface area contributed by atoms with Gasteiger partial charge in [0.1, 0.15) is 24.1 Å². The third-order valence-electron chi connectivity index (χ3n) is 6.28. The Morgan fingerprint density at radius 3 is 2.14 bits per heavy atom. The Hall–Kier alpha value is -3.47. The van der Waals surface area contributed by atoms with Crippen molar-refractivity contribution in [2.75, 3.05) is 25.1 Å². The second-order valence-corrected chi connectivity index (χ2v) is 13.2. The minimum atomic E-state index is -4.29. The molecule has 3 aromatic rings. The smallest absolute Gasteiger partial charge is 0.264 e. The van der Waals surface area contributed by atoms with Crippen molar-refractivity contribution in [3.8, 4) is 11.5 Å². The number of nitrogens with zero attached hydrogens (tertiary/aromatic N) is 2. The van der Waals surface area contributed by atoms with Crippen molar-refractivity contribution in [1.82, 2.24) is 10.2 Å². The highest BCUT2D eigenvalue weighted by atomic mass is 35.5. The lowest BCUT2D eigenvalue weighted by molar-refractivity contribution is -0.140. The Kier molecular flexibility index (Phi) is 10.8. The fourth-order valence-electron chi connectivity index (χ4n) is 4.12. The number of methoxy groups -OCH3 is 2. The van der Waals surface area contributed by atoms with Gasteiger partial charge in [-0.1, -0.05) is 41.4 Å². The molecule has 3 aromatic carbocycles. The van der Waals surface area contributed by atoms with Gasteiger partial charge in [0.15, 0.2) is 0 Å². The number of carbonyl (C=O) groups excluding carboxylic acids is 2. The average molecular weight is 637 g/mol. The highest BCUT2D eigenvalue weighted by Gasteiger charge is 2.34. The number of anilines is 1. The van der Waals surface area contributed by atoms with Crippen molar-refractivity contribution in [2.24, 2.45) is 0 Å². The monoisotopic (exact) mass is 635 g/mol. The lowest BCUT2D eigenvalue weighted by Gasteiger charge is -2.33. The van der Waals surface area contributed by atoms with Gasteiger partial charge in [0.05, 0.1) is 34.8 Å².